The molecule has 4 aromatic carbocycles. The summed E-state index contributed by atoms with van der Waals surface area (Å²) in [4.78, 5) is 0. The maximum Gasteiger partial charge on any atom is 0.140 e. The van der Waals surface area contributed by atoms with Crippen molar-refractivity contribution in [3.63, 3.8) is 0 Å². The van der Waals surface area contributed by atoms with Gasteiger partial charge in [0, 0.05) is 11.0 Å². The van der Waals surface area contributed by atoms with Crippen molar-refractivity contribution in [1.29, 1.82) is 0 Å². The molecule has 7 heteroatoms. The van der Waals surface area contributed by atoms with E-state index in [1.165, 1.54) is 12.4 Å². The van der Waals surface area contributed by atoms with Crippen molar-refractivity contribution in [1.82, 2.24) is 0 Å². The van der Waals surface area contributed by atoms with Crippen molar-refractivity contribution in [2.45, 2.75) is 53.9 Å². The van der Waals surface area contributed by atoms with Crippen LogP contribution >= 0.6 is 0 Å². The van der Waals surface area contributed by atoms with E-state index in [9.17, 15) is 5.21 Å². The first-order chi connectivity index (χ1) is 20.0. The van der Waals surface area contributed by atoms with Crippen molar-refractivity contribution in [3.8, 4) is 28.7 Å². The van der Waals surface area contributed by atoms with E-state index in [0.717, 1.165) is 56.0 Å². The molecule has 0 saturated heterocycles. The second-order valence-electron chi connectivity index (χ2n) is 11.1. The van der Waals surface area contributed by atoms with Gasteiger partial charge in [-0.15, -0.1) is 0 Å². The van der Waals surface area contributed by atoms with Crippen molar-refractivity contribution in [2.75, 3.05) is 7.11 Å². The highest BCUT2D eigenvalue weighted by Gasteiger charge is 2.27. The zero-order chi connectivity index (χ0) is 30.6. The predicted molar refractivity (Wildman–Crippen MR) is 167 cm³/mol. The number of ether oxygens (including phenoxy) is 3. The Morgan fingerprint density at radius 1 is 0.595 bits per heavy atom. The largest absolute Gasteiger partial charge is 0.496 e. The minimum atomic E-state index is -0.315. The Morgan fingerprint density at radius 3 is 1.45 bits per heavy atom. The summed E-state index contributed by atoms with van der Waals surface area (Å²) in [5, 5.41) is 24.7. The summed E-state index contributed by atoms with van der Waals surface area (Å²) in [6, 6.07) is 19.9. The topological polar surface area (TPSA) is 92.9 Å². The van der Waals surface area contributed by atoms with Crippen LogP contribution in [-0.2, 0) is 5.41 Å². The molecule has 2 N–H and O–H groups in total. The number of benzene rings is 4. The molecule has 0 radical (unpaired) electrons. The lowest BCUT2D eigenvalue weighted by molar-refractivity contribution is 0.321. The number of nitrogens with zero attached hydrogens (tertiary/aromatic N) is 2. The summed E-state index contributed by atoms with van der Waals surface area (Å²) in [7, 11) is 1.56. The average Bonchev–Trinajstić information content (AvgIpc) is 2.94. The van der Waals surface area contributed by atoms with E-state index in [-0.39, 0.29) is 5.41 Å². The Labute approximate surface area is 247 Å². The van der Waals surface area contributed by atoms with E-state index in [4.69, 9.17) is 19.4 Å². The van der Waals surface area contributed by atoms with Crippen LogP contribution in [0.2, 0.25) is 0 Å². The molecule has 0 amide bonds. The molecule has 0 fully saturated rings. The van der Waals surface area contributed by atoms with Crippen molar-refractivity contribution in [3.05, 3.63) is 111 Å². The molecule has 0 unspecified atom stereocenters. The first-order valence-corrected chi connectivity index (χ1v) is 13.7. The Balaban J connectivity index is 1.69. The van der Waals surface area contributed by atoms with Crippen LogP contribution in [0.5, 0.6) is 28.7 Å². The highest BCUT2D eigenvalue weighted by atomic mass is 16.5. The standard InChI is InChI=1S/C35H38N2O5/c1-21-11-9-13-31(28(21)19-36-38)41-33-22(2)15-26(16-23(33)3)35(6,7)27-17-24(4)34(25(5)18-27)42-32-14-10-12-30(40-8)29(32)20-37-39/h9-20,38-39H,1-8H3/b36-19-,37-20-. The highest BCUT2D eigenvalue weighted by molar-refractivity contribution is 5.87. The quantitative estimate of drug-likeness (QED) is 0.120. The summed E-state index contributed by atoms with van der Waals surface area (Å²) in [6.45, 7) is 14.5. The smallest absolute Gasteiger partial charge is 0.140 e. The number of methoxy groups -OCH3 is 1. The Kier molecular flexibility index (Phi) is 8.90. The molecule has 0 spiro atoms. The molecule has 7 nitrogen and oxygen atoms in total. The summed E-state index contributed by atoms with van der Waals surface area (Å²) in [6.07, 6.45) is 2.72. The molecule has 4 aromatic rings. The molecule has 0 bridgehead atoms. The van der Waals surface area contributed by atoms with Crippen molar-refractivity contribution >= 4 is 12.4 Å². The minimum absolute atomic E-state index is 0.315. The third-order valence-corrected chi connectivity index (χ3v) is 7.69. The Hall–Kier alpha value is -4.78. The van der Waals surface area contributed by atoms with Crippen molar-refractivity contribution in [2.24, 2.45) is 10.3 Å². The lowest BCUT2D eigenvalue weighted by Crippen LogP contribution is -2.20. The third-order valence-electron chi connectivity index (χ3n) is 7.69. The Bertz CT molecular complexity index is 1620. The van der Waals surface area contributed by atoms with E-state index >= 15 is 0 Å². The summed E-state index contributed by atoms with van der Waals surface area (Å²) in [5.74, 6) is 3.25. The summed E-state index contributed by atoms with van der Waals surface area (Å²) >= 11 is 0. The van der Waals surface area contributed by atoms with Gasteiger partial charge in [0.25, 0.3) is 0 Å². The van der Waals surface area contributed by atoms with Gasteiger partial charge in [0.05, 0.1) is 25.1 Å². The molecule has 218 valence electrons. The molecule has 0 aliphatic heterocycles. The zero-order valence-corrected chi connectivity index (χ0v) is 25.4. The molecule has 0 aliphatic rings. The summed E-state index contributed by atoms with van der Waals surface area (Å²) < 4.78 is 18.2. The van der Waals surface area contributed by atoms with Gasteiger partial charge in [-0.1, -0.05) is 66.6 Å². The van der Waals surface area contributed by atoms with Gasteiger partial charge in [0.15, 0.2) is 0 Å². The van der Waals surface area contributed by atoms with Gasteiger partial charge in [0.2, 0.25) is 0 Å². The van der Waals surface area contributed by atoms with E-state index in [1.54, 1.807) is 13.2 Å². The van der Waals surface area contributed by atoms with Crippen LogP contribution in [-0.4, -0.2) is 30.0 Å². The normalized spacial score (nSPS) is 11.8. The number of hydrogen-bond donors (Lipinski definition) is 2. The lowest BCUT2D eigenvalue weighted by atomic mass is 9.76. The first-order valence-electron chi connectivity index (χ1n) is 13.7. The zero-order valence-electron chi connectivity index (χ0n) is 25.4. The Morgan fingerprint density at radius 2 is 1.00 bits per heavy atom. The number of aryl methyl sites for hydroxylation is 5. The molecule has 0 saturated carbocycles. The third kappa shape index (κ3) is 5.96. The SMILES string of the molecule is COc1cccc(Oc2c(C)cc(C(C)(C)c3cc(C)c(Oc4cccc(C)c4/C=N\O)c(C)c3)cc2C)c1/C=N\O. The molecule has 42 heavy (non-hydrogen) atoms. The average molecular weight is 567 g/mol. The molecule has 4 rings (SSSR count). The van der Waals surface area contributed by atoms with Crippen LogP contribution in [0.15, 0.2) is 71.0 Å². The molecule has 0 aliphatic carbocycles. The maximum absolute atomic E-state index is 9.18. The summed E-state index contributed by atoms with van der Waals surface area (Å²) in [5.41, 5.74) is 8.24. The molecule has 0 heterocycles. The van der Waals surface area contributed by atoms with Crippen molar-refractivity contribution < 1.29 is 24.6 Å². The second kappa shape index (κ2) is 12.4. The van der Waals surface area contributed by atoms with Gasteiger partial charge < -0.3 is 24.6 Å². The van der Waals surface area contributed by atoms with Crippen LogP contribution in [0, 0.1) is 34.6 Å². The molecular formula is C35H38N2O5. The van der Waals surface area contributed by atoms with E-state index in [1.807, 2.05) is 65.0 Å². The van der Waals surface area contributed by atoms with Crippen LogP contribution in [0.1, 0.15) is 63.9 Å². The van der Waals surface area contributed by atoms with Crippen LogP contribution in [0.4, 0.5) is 0 Å². The van der Waals surface area contributed by atoms with Crippen LogP contribution in [0.25, 0.3) is 0 Å². The number of rotatable bonds is 9. The van der Waals surface area contributed by atoms with Gasteiger partial charge in [-0.05, 0) is 91.8 Å². The van der Waals surface area contributed by atoms with Gasteiger partial charge in [-0.25, -0.2) is 0 Å². The monoisotopic (exact) mass is 566 g/mol. The number of oxime groups is 2. The maximum atomic E-state index is 9.18. The van der Waals surface area contributed by atoms with Crippen LogP contribution < -0.4 is 14.2 Å². The van der Waals surface area contributed by atoms with Gasteiger partial charge in [-0.3, -0.25) is 0 Å². The number of hydrogen-bond acceptors (Lipinski definition) is 7. The van der Waals surface area contributed by atoms with Crippen LogP contribution in [0.3, 0.4) is 0 Å². The first kappa shape index (κ1) is 30.2. The van der Waals surface area contributed by atoms with Gasteiger partial charge >= 0.3 is 0 Å². The predicted octanol–water partition coefficient (Wildman–Crippen LogP) is 8.76. The fourth-order valence-corrected chi connectivity index (χ4v) is 5.27. The minimum Gasteiger partial charge on any atom is -0.496 e. The molecule has 0 aromatic heterocycles. The van der Waals surface area contributed by atoms with E-state index < -0.39 is 0 Å². The lowest BCUT2D eigenvalue weighted by Gasteiger charge is -2.29. The molecule has 0 atom stereocenters. The van der Waals surface area contributed by atoms with E-state index in [2.05, 4.69) is 48.4 Å². The molecular weight excluding hydrogens is 528 g/mol. The second-order valence-corrected chi connectivity index (χ2v) is 11.1. The van der Waals surface area contributed by atoms with E-state index in [0.29, 0.717) is 22.8 Å². The van der Waals surface area contributed by atoms with Gasteiger partial charge in [0.1, 0.15) is 28.7 Å². The fourth-order valence-electron chi connectivity index (χ4n) is 5.27. The highest BCUT2D eigenvalue weighted by Crippen LogP contribution is 2.41. The van der Waals surface area contributed by atoms with Gasteiger partial charge in [-0.2, -0.15) is 0 Å². The fraction of sp³-hybridized carbons (Fsp3) is 0.257.